The summed E-state index contributed by atoms with van der Waals surface area (Å²) in [4.78, 5) is 11.1. The first-order valence-corrected chi connectivity index (χ1v) is 4.87. The standard InChI is InChI=1S/C8H15N3OS/c1-5(2)9-7(12)11-8(13)10-6-3-4-6/h5-6H,3-4H2,1-2H3,(H3,9,10,11,12,13). The highest BCUT2D eigenvalue weighted by molar-refractivity contribution is 7.80. The van der Waals surface area contributed by atoms with Crippen LogP contribution in [0.5, 0.6) is 0 Å². The summed E-state index contributed by atoms with van der Waals surface area (Å²) < 4.78 is 0. The summed E-state index contributed by atoms with van der Waals surface area (Å²) >= 11 is 4.92. The number of rotatable bonds is 2. The van der Waals surface area contributed by atoms with Gasteiger partial charge in [0.15, 0.2) is 5.11 Å². The topological polar surface area (TPSA) is 53.2 Å². The Labute approximate surface area is 83.5 Å². The van der Waals surface area contributed by atoms with Crippen LogP contribution >= 0.6 is 12.2 Å². The lowest BCUT2D eigenvalue weighted by Crippen LogP contribution is -2.47. The number of hydrogen-bond donors (Lipinski definition) is 3. The van der Waals surface area contributed by atoms with Crippen LogP contribution in [-0.2, 0) is 0 Å². The zero-order valence-electron chi connectivity index (χ0n) is 7.89. The number of hydrogen-bond acceptors (Lipinski definition) is 2. The molecule has 0 aromatic carbocycles. The molecule has 3 N–H and O–H groups in total. The third-order valence-electron chi connectivity index (χ3n) is 1.56. The Kier molecular flexibility index (Phi) is 3.48. The number of carbonyl (C=O) groups excluding carboxylic acids is 1. The molecule has 1 aliphatic rings. The Bertz CT molecular complexity index is 199. The Morgan fingerprint density at radius 1 is 1.46 bits per heavy atom. The van der Waals surface area contributed by atoms with E-state index in [1.54, 1.807) is 0 Å². The van der Waals surface area contributed by atoms with Gasteiger partial charge in [0.25, 0.3) is 0 Å². The molecule has 4 nitrogen and oxygen atoms in total. The molecule has 13 heavy (non-hydrogen) atoms. The zero-order chi connectivity index (χ0) is 9.84. The van der Waals surface area contributed by atoms with E-state index in [4.69, 9.17) is 12.2 Å². The van der Waals surface area contributed by atoms with Crippen LogP contribution < -0.4 is 16.0 Å². The van der Waals surface area contributed by atoms with E-state index in [0.29, 0.717) is 11.2 Å². The Morgan fingerprint density at radius 2 is 2.08 bits per heavy atom. The van der Waals surface area contributed by atoms with E-state index in [2.05, 4.69) is 16.0 Å². The second-order valence-corrected chi connectivity index (χ2v) is 3.91. The summed E-state index contributed by atoms with van der Waals surface area (Å²) in [6.45, 7) is 3.80. The van der Waals surface area contributed by atoms with Gasteiger partial charge in [-0.25, -0.2) is 4.79 Å². The van der Waals surface area contributed by atoms with Crippen molar-refractivity contribution < 1.29 is 4.79 Å². The first-order valence-electron chi connectivity index (χ1n) is 4.46. The van der Waals surface area contributed by atoms with Crippen molar-refractivity contribution in [2.24, 2.45) is 0 Å². The van der Waals surface area contributed by atoms with Gasteiger partial charge in [0.2, 0.25) is 0 Å². The summed E-state index contributed by atoms with van der Waals surface area (Å²) in [7, 11) is 0. The second-order valence-electron chi connectivity index (χ2n) is 3.50. The van der Waals surface area contributed by atoms with Gasteiger partial charge in [-0.2, -0.15) is 0 Å². The number of carbonyl (C=O) groups is 1. The number of amides is 2. The minimum absolute atomic E-state index is 0.128. The van der Waals surface area contributed by atoms with Crippen LogP contribution in [0.3, 0.4) is 0 Å². The maximum Gasteiger partial charge on any atom is 0.321 e. The normalized spacial score (nSPS) is 15.3. The Balaban J connectivity index is 2.14. The van der Waals surface area contributed by atoms with E-state index in [1.807, 2.05) is 13.8 Å². The van der Waals surface area contributed by atoms with Gasteiger partial charge in [-0.1, -0.05) is 0 Å². The Morgan fingerprint density at radius 3 is 2.54 bits per heavy atom. The van der Waals surface area contributed by atoms with Crippen LogP contribution in [0.4, 0.5) is 4.79 Å². The van der Waals surface area contributed by atoms with E-state index in [1.165, 1.54) is 0 Å². The maximum absolute atomic E-state index is 11.1. The lowest BCUT2D eigenvalue weighted by atomic mass is 10.4. The van der Waals surface area contributed by atoms with Crippen LogP contribution in [0.2, 0.25) is 0 Å². The molecule has 74 valence electrons. The SMILES string of the molecule is CC(C)NC(=O)NC(=S)NC1CC1. The van der Waals surface area contributed by atoms with Crippen LogP contribution in [0, 0.1) is 0 Å². The number of urea groups is 1. The number of thiocarbonyl (C=S) groups is 1. The first-order chi connectivity index (χ1) is 6.08. The van der Waals surface area contributed by atoms with Crippen LogP contribution in [-0.4, -0.2) is 23.2 Å². The summed E-state index contributed by atoms with van der Waals surface area (Å²) in [6, 6.07) is 0.365. The fourth-order valence-electron chi connectivity index (χ4n) is 0.851. The molecule has 0 spiro atoms. The summed E-state index contributed by atoms with van der Waals surface area (Å²) in [5.41, 5.74) is 0. The van der Waals surface area contributed by atoms with Crippen molar-refractivity contribution in [2.75, 3.05) is 0 Å². The van der Waals surface area contributed by atoms with E-state index in [9.17, 15) is 4.79 Å². The fraction of sp³-hybridized carbons (Fsp3) is 0.750. The van der Waals surface area contributed by atoms with Gasteiger partial charge in [-0.3, -0.25) is 5.32 Å². The van der Waals surface area contributed by atoms with Gasteiger partial charge in [-0.15, -0.1) is 0 Å². The molecule has 2 amide bonds. The largest absolute Gasteiger partial charge is 0.360 e. The van der Waals surface area contributed by atoms with Crippen molar-refractivity contribution >= 4 is 23.4 Å². The van der Waals surface area contributed by atoms with E-state index >= 15 is 0 Å². The smallest absolute Gasteiger partial charge is 0.321 e. The first kappa shape index (κ1) is 10.2. The molecule has 0 unspecified atom stereocenters. The Hall–Kier alpha value is -0.840. The van der Waals surface area contributed by atoms with Crippen molar-refractivity contribution in [3.63, 3.8) is 0 Å². The van der Waals surface area contributed by atoms with Crippen molar-refractivity contribution in [3.05, 3.63) is 0 Å². The summed E-state index contributed by atoms with van der Waals surface area (Å²) in [5, 5.41) is 8.68. The lowest BCUT2D eigenvalue weighted by molar-refractivity contribution is 0.243. The fourth-order valence-corrected chi connectivity index (χ4v) is 1.11. The monoisotopic (exact) mass is 201 g/mol. The predicted octanol–water partition coefficient (Wildman–Crippen LogP) is 0.731. The van der Waals surface area contributed by atoms with Gasteiger partial charge in [-0.05, 0) is 38.9 Å². The molecule has 0 heterocycles. The zero-order valence-corrected chi connectivity index (χ0v) is 8.70. The molecule has 0 aromatic rings. The van der Waals surface area contributed by atoms with Gasteiger partial charge in [0, 0.05) is 12.1 Å². The quantitative estimate of drug-likeness (QED) is 0.577. The molecule has 0 aromatic heterocycles. The highest BCUT2D eigenvalue weighted by Gasteiger charge is 2.22. The minimum atomic E-state index is -0.242. The predicted molar refractivity (Wildman–Crippen MR) is 55.6 cm³/mol. The molecule has 5 heteroatoms. The van der Waals surface area contributed by atoms with Crippen LogP contribution in [0.15, 0.2) is 0 Å². The molecular formula is C8H15N3OS. The van der Waals surface area contributed by atoms with Gasteiger partial charge >= 0.3 is 6.03 Å². The van der Waals surface area contributed by atoms with Gasteiger partial charge in [0.1, 0.15) is 0 Å². The second kappa shape index (κ2) is 4.41. The molecule has 1 aliphatic carbocycles. The molecule has 0 saturated heterocycles. The van der Waals surface area contributed by atoms with Gasteiger partial charge in [0.05, 0.1) is 0 Å². The summed E-state index contributed by atoms with van der Waals surface area (Å²) in [5.74, 6) is 0. The highest BCUT2D eigenvalue weighted by Crippen LogP contribution is 2.18. The summed E-state index contributed by atoms with van der Waals surface area (Å²) in [6.07, 6.45) is 2.29. The molecule has 0 bridgehead atoms. The minimum Gasteiger partial charge on any atom is -0.360 e. The molecular weight excluding hydrogens is 186 g/mol. The van der Waals surface area contributed by atoms with E-state index < -0.39 is 0 Å². The van der Waals surface area contributed by atoms with Gasteiger partial charge < -0.3 is 10.6 Å². The van der Waals surface area contributed by atoms with E-state index in [-0.39, 0.29) is 12.1 Å². The molecule has 0 radical (unpaired) electrons. The average molecular weight is 201 g/mol. The van der Waals surface area contributed by atoms with Crippen molar-refractivity contribution in [2.45, 2.75) is 38.8 Å². The van der Waals surface area contributed by atoms with E-state index in [0.717, 1.165) is 12.8 Å². The molecule has 1 rings (SSSR count). The molecule has 1 saturated carbocycles. The molecule has 1 fully saturated rings. The molecule has 0 atom stereocenters. The van der Waals surface area contributed by atoms with Crippen LogP contribution in [0.1, 0.15) is 26.7 Å². The average Bonchev–Trinajstić information content (AvgIpc) is 2.67. The lowest BCUT2D eigenvalue weighted by Gasteiger charge is -2.11. The third kappa shape index (κ3) is 4.67. The van der Waals surface area contributed by atoms with Crippen molar-refractivity contribution in [1.29, 1.82) is 0 Å². The number of nitrogens with one attached hydrogen (secondary N) is 3. The third-order valence-corrected chi connectivity index (χ3v) is 1.78. The van der Waals surface area contributed by atoms with Crippen molar-refractivity contribution in [3.8, 4) is 0 Å². The molecule has 0 aliphatic heterocycles. The van der Waals surface area contributed by atoms with Crippen LogP contribution in [0.25, 0.3) is 0 Å². The highest BCUT2D eigenvalue weighted by atomic mass is 32.1. The van der Waals surface area contributed by atoms with Crippen molar-refractivity contribution in [1.82, 2.24) is 16.0 Å². The maximum atomic E-state index is 11.1.